The summed E-state index contributed by atoms with van der Waals surface area (Å²) in [7, 11) is 0. The van der Waals surface area contributed by atoms with Crippen LogP contribution in [0.3, 0.4) is 0 Å². The van der Waals surface area contributed by atoms with Crippen LogP contribution in [0.4, 0.5) is 14.6 Å². The lowest BCUT2D eigenvalue weighted by molar-refractivity contribution is 0.415. The average molecular weight is 299 g/mol. The molecule has 1 aromatic heterocycles. The molecule has 0 fully saturated rings. The summed E-state index contributed by atoms with van der Waals surface area (Å²) < 4.78 is 32.5. The normalized spacial score (nSPS) is 10.4. The van der Waals surface area contributed by atoms with Gasteiger partial charge in [0.1, 0.15) is 5.75 Å². The fourth-order valence-electron chi connectivity index (χ4n) is 1.60. The Labute approximate surface area is 120 Å². The third kappa shape index (κ3) is 3.17. The molecule has 0 saturated carbocycles. The Morgan fingerprint density at radius 2 is 2.00 bits per heavy atom. The van der Waals surface area contributed by atoms with Crippen LogP contribution in [0.5, 0.6) is 11.6 Å². The van der Waals surface area contributed by atoms with E-state index in [9.17, 15) is 8.78 Å². The lowest BCUT2D eigenvalue weighted by Crippen LogP contribution is -2.05. The number of pyridine rings is 1. The van der Waals surface area contributed by atoms with Crippen molar-refractivity contribution in [3.63, 3.8) is 0 Å². The SMILES string of the molecule is CCNc1nc(Oc2cc(Cl)ccc2C)c(F)cc1F. The number of aromatic nitrogens is 1. The van der Waals surface area contributed by atoms with Gasteiger partial charge in [0, 0.05) is 17.6 Å². The molecular weight excluding hydrogens is 286 g/mol. The van der Waals surface area contributed by atoms with E-state index in [0.29, 0.717) is 17.3 Å². The van der Waals surface area contributed by atoms with Gasteiger partial charge in [0.25, 0.3) is 5.88 Å². The number of rotatable bonds is 4. The molecule has 6 heteroatoms. The lowest BCUT2D eigenvalue weighted by Gasteiger charge is -2.11. The minimum atomic E-state index is -0.872. The van der Waals surface area contributed by atoms with Crippen LogP contribution in [0.1, 0.15) is 12.5 Å². The fourth-order valence-corrected chi connectivity index (χ4v) is 1.76. The molecule has 2 rings (SSSR count). The Balaban J connectivity index is 2.37. The standard InChI is InChI=1S/C14H13ClF2N2O/c1-3-18-13-10(16)7-11(17)14(19-13)20-12-6-9(15)5-4-8(12)2/h4-7H,3H2,1-2H3,(H,18,19). The van der Waals surface area contributed by atoms with Crippen molar-refractivity contribution in [1.29, 1.82) is 0 Å². The van der Waals surface area contributed by atoms with Crippen molar-refractivity contribution >= 4 is 17.4 Å². The molecule has 0 radical (unpaired) electrons. The predicted octanol–water partition coefficient (Wildman–Crippen LogP) is 4.55. The van der Waals surface area contributed by atoms with Crippen molar-refractivity contribution in [2.45, 2.75) is 13.8 Å². The van der Waals surface area contributed by atoms with E-state index in [2.05, 4.69) is 10.3 Å². The second-order valence-electron chi connectivity index (χ2n) is 4.15. The van der Waals surface area contributed by atoms with Crippen LogP contribution in [-0.2, 0) is 0 Å². The van der Waals surface area contributed by atoms with E-state index in [1.165, 1.54) is 0 Å². The van der Waals surface area contributed by atoms with Crippen LogP contribution in [0.25, 0.3) is 0 Å². The number of hydrogen-bond acceptors (Lipinski definition) is 3. The summed E-state index contributed by atoms with van der Waals surface area (Å²) in [4.78, 5) is 3.80. The zero-order valence-corrected chi connectivity index (χ0v) is 11.8. The third-order valence-corrected chi connectivity index (χ3v) is 2.83. The molecule has 1 aromatic carbocycles. The average Bonchev–Trinajstić information content (AvgIpc) is 2.39. The van der Waals surface area contributed by atoms with Gasteiger partial charge in [-0.15, -0.1) is 0 Å². The summed E-state index contributed by atoms with van der Waals surface area (Å²) in [5.74, 6) is -1.61. The molecule has 0 atom stereocenters. The fraction of sp³-hybridized carbons (Fsp3) is 0.214. The number of hydrogen-bond donors (Lipinski definition) is 1. The van der Waals surface area contributed by atoms with Crippen molar-refractivity contribution in [2.24, 2.45) is 0 Å². The number of nitrogens with one attached hydrogen (secondary N) is 1. The van der Waals surface area contributed by atoms with Crippen LogP contribution in [0.15, 0.2) is 24.3 Å². The maximum atomic E-state index is 13.7. The van der Waals surface area contributed by atoms with Crippen molar-refractivity contribution in [1.82, 2.24) is 4.98 Å². The molecule has 0 unspecified atom stereocenters. The van der Waals surface area contributed by atoms with Crippen molar-refractivity contribution in [3.8, 4) is 11.6 Å². The summed E-state index contributed by atoms with van der Waals surface area (Å²) in [5, 5.41) is 3.15. The first kappa shape index (κ1) is 14.5. The van der Waals surface area contributed by atoms with Crippen LogP contribution in [0.2, 0.25) is 5.02 Å². The van der Waals surface area contributed by atoms with Gasteiger partial charge in [0.2, 0.25) is 0 Å². The van der Waals surface area contributed by atoms with Crippen LogP contribution >= 0.6 is 11.6 Å². The van der Waals surface area contributed by atoms with Crippen molar-refractivity contribution in [2.75, 3.05) is 11.9 Å². The van der Waals surface area contributed by atoms with E-state index < -0.39 is 11.6 Å². The lowest BCUT2D eigenvalue weighted by atomic mass is 10.2. The first-order chi connectivity index (χ1) is 9.51. The highest BCUT2D eigenvalue weighted by Crippen LogP contribution is 2.30. The van der Waals surface area contributed by atoms with Crippen molar-refractivity contribution < 1.29 is 13.5 Å². The zero-order chi connectivity index (χ0) is 14.7. The first-order valence-corrected chi connectivity index (χ1v) is 6.43. The molecule has 0 amide bonds. The highest BCUT2D eigenvalue weighted by atomic mass is 35.5. The molecule has 106 valence electrons. The molecule has 3 nitrogen and oxygen atoms in total. The van der Waals surface area contributed by atoms with Gasteiger partial charge in [0.05, 0.1) is 0 Å². The summed E-state index contributed by atoms with van der Waals surface area (Å²) >= 11 is 5.86. The molecule has 20 heavy (non-hydrogen) atoms. The molecular formula is C14H13ClF2N2O. The maximum absolute atomic E-state index is 13.7. The number of ether oxygens (including phenoxy) is 1. The van der Waals surface area contributed by atoms with Crippen LogP contribution < -0.4 is 10.1 Å². The first-order valence-electron chi connectivity index (χ1n) is 6.05. The van der Waals surface area contributed by atoms with Gasteiger partial charge in [-0.05, 0) is 31.5 Å². The second-order valence-corrected chi connectivity index (χ2v) is 4.58. The van der Waals surface area contributed by atoms with E-state index in [0.717, 1.165) is 11.6 Å². The number of anilines is 1. The molecule has 0 bridgehead atoms. The number of aryl methyl sites for hydroxylation is 1. The minimum absolute atomic E-state index is 0.0522. The maximum Gasteiger partial charge on any atom is 0.258 e. The van der Waals surface area contributed by atoms with Gasteiger partial charge >= 0.3 is 0 Å². The molecule has 2 aromatic rings. The summed E-state index contributed by atoms with van der Waals surface area (Å²) in [5.41, 5.74) is 0.768. The van der Waals surface area contributed by atoms with Gasteiger partial charge in [0.15, 0.2) is 17.5 Å². The molecule has 1 heterocycles. The van der Waals surface area contributed by atoms with E-state index in [1.54, 1.807) is 32.0 Å². The van der Waals surface area contributed by atoms with Gasteiger partial charge in [-0.1, -0.05) is 17.7 Å². The Bertz CT molecular complexity index is 635. The molecule has 1 N–H and O–H groups in total. The Kier molecular flexibility index (Phi) is 4.39. The van der Waals surface area contributed by atoms with E-state index >= 15 is 0 Å². The summed E-state index contributed by atoms with van der Waals surface area (Å²) in [6, 6.07) is 5.72. The van der Waals surface area contributed by atoms with Gasteiger partial charge in [-0.3, -0.25) is 0 Å². The van der Waals surface area contributed by atoms with Crippen LogP contribution in [0, 0.1) is 18.6 Å². The molecule has 0 spiro atoms. The highest BCUT2D eigenvalue weighted by molar-refractivity contribution is 6.30. The van der Waals surface area contributed by atoms with E-state index in [1.807, 2.05) is 0 Å². The Hall–Kier alpha value is -1.88. The smallest absolute Gasteiger partial charge is 0.258 e. The Morgan fingerprint density at radius 1 is 1.25 bits per heavy atom. The predicted molar refractivity (Wildman–Crippen MR) is 74.6 cm³/mol. The highest BCUT2D eigenvalue weighted by Gasteiger charge is 2.14. The zero-order valence-electron chi connectivity index (χ0n) is 11.0. The third-order valence-electron chi connectivity index (χ3n) is 2.60. The Morgan fingerprint density at radius 3 is 2.70 bits per heavy atom. The molecule has 0 aliphatic carbocycles. The largest absolute Gasteiger partial charge is 0.436 e. The van der Waals surface area contributed by atoms with E-state index in [4.69, 9.17) is 16.3 Å². The second kappa shape index (κ2) is 6.05. The number of benzene rings is 1. The van der Waals surface area contributed by atoms with Gasteiger partial charge < -0.3 is 10.1 Å². The summed E-state index contributed by atoms with van der Waals surface area (Å²) in [6.07, 6.45) is 0. The topological polar surface area (TPSA) is 34.2 Å². The number of halogens is 3. The quantitative estimate of drug-likeness (QED) is 0.899. The van der Waals surface area contributed by atoms with E-state index in [-0.39, 0.29) is 11.7 Å². The molecule has 0 aliphatic heterocycles. The number of nitrogens with zero attached hydrogens (tertiary/aromatic N) is 1. The summed E-state index contributed by atoms with van der Waals surface area (Å²) in [6.45, 7) is 4.04. The van der Waals surface area contributed by atoms with Gasteiger partial charge in [-0.25, -0.2) is 8.78 Å². The van der Waals surface area contributed by atoms with Crippen molar-refractivity contribution in [3.05, 3.63) is 46.5 Å². The monoisotopic (exact) mass is 298 g/mol. The van der Waals surface area contributed by atoms with Gasteiger partial charge in [-0.2, -0.15) is 4.98 Å². The minimum Gasteiger partial charge on any atom is -0.436 e. The van der Waals surface area contributed by atoms with Crippen LogP contribution in [-0.4, -0.2) is 11.5 Å². The molecule has 0 aliphatic rings. The molecule has 0 saturated heterocycles.